The first-order valence-electron chi connectivity index (χ1n) is 9.96. The number of esters is 1. The average Bonchev–Trinajstić information content (AvgIpc) is 2.71. The fraction of sp³-hybridized carbons (Fsp3) is 0.292. The zero-order valence-electron chi connectivity index (χ0n) is 18.4. The van der Waals surface area contributed by atoms with Crippen molar-refractivity contribution in [2.45, 2.75) is 46.3 Å². The second kappa shape index (κ2) is 9.04. The van der Waals surface area contributed by atoms with E-state index in [4.69, 9.17) is 25.5 Å². The van der Waals surface area contributed by atoms with Crippen LogP contribution in [0.2, 0.25) is 5.02 Å². The first-order chi connectivity index (χ1) is 15.0. The molecule has 1 heterocycles. The van der Waals surface area contributed by atoms with E-state index in [1.165, 1.54) is 6.07 Å². The number of hydrogen-bond donors (Lipinski definition) is 1. The van der Waals surface area contributed by atoms with Gasteiger partial charge in [0.05, 0.1) is 5.02 Å². The third-order valence-corrected chi connectivity index (χ3v) is 5.05. The normalized spacial score (nSPS) is 12.3. The zero-order valence-corrected chi connectivity index (χ0v) is 19.2. The Morgan fingerprint density at radius 1 is 1.06 bits per heavy atom. The van der Waals surface area contributed by atoms with Crippen molar-refractivity contribution < 1.29 is 23.5 Å². The molecule has 0 saturated carbocycles. The minimum Gasteiger partial charge on any atom is -0.444 e. The van der Waals surface area contributed by atoms with E-state index in [0.29, 0.717) is 16.5 Å². The van der Waals surface area contributed by atoms with Crippen LogP contribution in [0.5, 0.6) is 5.75 Å². The lowest BCUT2D eigenvalue weighted by Crippen LogP contribution is -2.39. The second-order valence-corrected chi connectivity index (χ2v) is 8.74. The summed E-state index contributed by atoms with van der Waals surface area (Å²) >= 11 is 6.35. The van der Waals surface area contributed by atoms with Crippen molar-refractivity contribution in [2.24, 2.45) is 0 Å². The largest absolute Gasteiger partial charge is 0.444 e. The van der Waals surface area contributed by atoms with Crippen molar-refractivity contribution in [1.82, 2.24) is 5.32 Å². The molecule has 7 nitrogen and oxygen atoms in total. The van der Waals surface area contributed by atoms with Crippen molar-refractivity contribution in [2.75, 3.05) is 0 Å². The molecular weight excluding hydrogens is 434 g/mol. The quantitative estimate of drug-likeness (QED) is 0.327. The van der Waals surface area contributed by atoms with E-state index in [9.17, 15) is 14.4 Å². The summed E-state index contributed by atoms with van der Waals surface area (Å²) in [5.41, 5.74) is 0.710. The third kappa shape index (κ3) is 5.29. The van der Waals surface area contributed by atoms with Crippen LogP contribution in [0.15, 0.2) is 51.7 Å². The summed E-state index contributed by atoms with van der Waals surface area (Å²) in [7, 11) is 0. The number of carbonyl (C=O) groups excluding carboxylic acids is 2. The first-order valence-corrected chi connectivity index (χ1v) is 10.3. The van der Waals surface area contributed by atoms with E-state index >= 15 is 0 Å². The van der Waals surface area contributed by atoms with Crippen molar-refractivity contribution in [3.63, 3.8) is 0 Å². The molecule has 1 amide bonds. The molecule has 0 radical (unpaired) electrons. The van der Waals surface area contributed by atoms with Crippen molar-refractivity contribution in [1.29, 1.82) is 0 Å². The number of ether oxygens (including phenoxy) is 2. The van der Waals surface area contributed by atoms with Crippen LogP contribution in [-0.2, 0) is 9.53 Å². The molecule has 0 fully saturated rings. The van der Waals surface area contributed by atoms with E-state index in [-0.39, 0.29) is 16.4 Å². The Bertz CT molecular complexity index is 1230. The number of nitrogens with one attached hydrogen (secondary N) is 1. The molecule has 2 aromatic carbocycles. The second-order valence-electron chi connectivity index (χ2n) is 8.33. The maximum absolute atomic E-state index is 13.0. The number of alkyl carbamates (subject to hydrolysis) is 1. The molecule has 3 rings (SSSR count). The van der Waals surface area contributed by atoms with Gasteiger partial charge in [0.1, 0.15) is 11.2 Å². The molecule has 0 aliphatic carbocycles. The summed E-state index contributed by atoms with van der Waals surface area (Å²) < 4.78 is 16.1. The highest BCUT2D eigenvalue weighted by atomic mass is 35.5. The molecule has 0 aliphatic heterocycles. The van der Waals surface area contributed by atoms with Crippen LogP contribution < -0.4 is 15.7 Å². The number of carbonyl (C=O) groups is 2. The molecule has 0 bridgehead atoms. The topological polar surface area (TPSA) is 94.8 Å². The summed E-state index contributed by atoms with van der Waals surface area (Å²) in [4.78, 5) is 37.4. The molecule has 1 N–H and O–H groups in total. The van der Waals surface area contributed by atoms with Crippen molar-refractivity contribution in [3.8, 4) is 5.75 Å². The lowest BCUT2D eigenvalue weighted by molar-refractivity contribution is -0.137. The van der Waals surface area contributed by atoms with Gasteiger partial charge in [0, 0.05) is 17.0 Å². The monoisotopic (exact) mass is 457 g/mol. The van der Waals surface area contributed by atoms with Crippen molar-refractivity contribution in [3.05, 3.63) is 74.6 Å². The Hall–Kier alpha value is -3.32. The maximum atomic E-state index is 13.0. The van der Waals surface area contributed by atoms with Gasteiger partial charge < -0.3 is 19.2 Å². The van der Waals surface area contributed by atoms with Gasteiger partial charge in [-0.15, -0.1) is 0 Å². The molecule has 1 aromatic heterocycles. The summed E-state index contributed by atoms with van der Waals surface area (Å²) in [6.45, 7) is 8.60. The van der Waals surface area contributed by atoms with Crippen LogP contribution in [0.1, 0.15) is 43.5 Å². The van der Waals surface area contributed by atoms with Crippen LogP contribution in [0, 0.1) is 13.8 Å². The Kier molecular flexibility index (Phi) is 6.60. The number of amides is 1. The fourth-order valence-electron chi connectivity index (χ4n) is 3.04. The van der Waals surface area contributed by atoms with Gasteiger partial charge in [-0.3, -0.25) is 0 Å². The molecule has 0 aliphatic rings. The van der Waals surface area contributed by atoms with Gasteiger partial charge in [-0.05, 0) is 51.8 Å². The van der Waals surface area contributed by atoms with Gasteiger partial charge in [0.15, 0.2) is 11.8 Å². The number of benzene rings is 2. The summed E-state index contributed by atoms with van der Waals surface area (Å²) in [6.07, 6.45) is -0.773. The van der Waals surface area contributed by atoms with Gasteiger partial charge in [-0.1, -0.05) is 41.9 Å². The predicted octanol–water partition coefficient (Wildman–Crippen LogP) is 5.23. The number of rotatable bonds is 4. The molecule has 0 spiro atoms. The fourth-order valence-corrected chi connectivity index (χ4v) is 3.24. The molecule has 8 heteroatoms. The third-order valence-electron chi connectivity index (χ3n) is 4.75. The minimum atomic E-state index is -1.15. The summed E-state index contributed by atoms with van der Waals surface area (Å²) in [5.74, 6) is -0.781. The molecule has 0 unspecified atom stereocenters. The van der Waals surface area contributed by atoms with Crippen LogP contribution in [0.4, 0.5) is 4.79 Å². The number of halogens is 1. The Labute approximate surface area is 190 Å². The molecular formula is C24H24ClNO6. The van der Waals surface area contributed by atoms with Crippen LogP contribution >= 0.6 is 11.6 Å². The lowest BCUT2D eigenvalue weighted by Gasteiger charge is -2.23. The summed E-state index contributed by atoms with van der Waals surface area (Å²) in [5, 5.41) is 3.34. The highest BCUT2D eigenvalue weighted by Crippen LogP contribution is 2.32. The van der Waals surface area contributed by atoms with E-state index in [2.05, 4.69) is 5.32 Å². The molecule has 1 atom stereocenters. The van der Waals surface area contributed by atoms with Gasteiger partial charge in [0.25, 0.3) is 0 Å². The molecule has 0 saturated heterocycles. The Morgan fingerprint density at radius 2 is 1.72 bits per heavy atom. The zero-order chi connectivity index (χ0) is 23.6. The Balaban J connectivity index is 1.94. The molecule has 168 valence electrons. The highest BCUT2D eigenvalue weighted by molar-refractivity contribution is 6.33. The van der Waals surface area contributed by atoms with E-state index in [1.807, 2.05) is 0 Å². The smallest absolute Gasteiger partial charge is 0.408 e. The lowest BCUT2D eigenvalue weighted by atomic mass is 10.1. The summed E-state index contributed by atoms with van der Waals surface area (Å²) in [6, 6.07) is 10.4. The maximum Gasteiger partial charge on any atom is 0.408 e. The Morgan fingerprint density at radius 3 is 2.34 bits per heavy atom. The van der Waals surface area contributed by atoms with Crippen LogP contribution in [0.25, 0.3) is 11.0 Å². The predicted molar refractivity (Wildman–Crippen MR) is 121 cm³/mol. The average molecular weight is 458 g/mol. The van der Waals surface area contributed by atoms with E-state index in [1.54, 1.807) is 71.0 Å². The highest BCUT2D eigenvalue weighted by Gasteiger charge is 2.28. The van der Waals surface area contributed by atoms with Crippen LogP contribution in [0.3, 0.4) is 0 Å². The van der Waals surface area contributed by atoms with Gasteiger partial charge in [-0.2, -0.15) is 0 Å². The van der Waals surface area contributed by atoms with Crippen molar-refractivity contribution >= 4 is 34.6 Å². The van der Waals surface area contributed by atoms with E-state index < -0.39 is 29.3 Å². The standard InChI is InChI=1S/C24H24ClNO6/c1-13-14(2)21(27)30-18-12-19(17(25)11-16(13)18)31-22(28)20(15-9-7-6-8-10-15)26-23(29)32-24(3,4)5/h6-12,20H,1-5H3,(H,26,29)/t20-/m1/s1. The first kappa shape index (κ1) is 23.3. The number of fused-ring (bicyclic) bond motifs is 1. The van der Waals surface area contributed by atoms with Crippen LogP contribution in [-0.4, -0.2) is 17.7 Å². The minimum absolute atomic E-state index is 0.00231. The SMILES string of the molecule is Cc1c(C)c2cc(Cl)c(OC(=O)[C@H](NC(=O)OC(C)(C)C)c3ccccc3)cc2oc1=O. The molecule has 3 aromatic rings. The van der Waals surface area contributed by atoms with E-state index in [0.717, 1.165) is 5.56 Å². The van der Waals surface area contributed by atoms with Gasteiger partial charge in [0.2, 0.25) is 0 Å². The van der Waals surface area contributed by atoms with Gasteiger partial charge >= 0.3 is 17.7 Å². The van der Waals surface area contributed by atoms with Gasteiger partial charge in [-0.25, -0.2) is 14.4 Å². The molecule has 32 heavy (non-hydrogen) atoms. The number of hydrogen-bond acceptors (Lipinski definition) is 6. The number of aryl methyl sites for hydroxylation is 1.